The first-order chi connectivity index (χ1) is 16.8. The Morgan fingerprint density at radius 3 is 2.23 bits per heavy atom. The molecule has 9 nitrogen and oxygen atoms in total. The first-order valence-corrected chi connectivity index (χ1v) is 12.4. The molecular formula is C26H39N3O6. The van der Waals surface area contributed by atoms with E-state index in [9.17, 15) is 5.11 Å². The predicted molar refractivity (Wildman–Crippen MR) is 135 cm³/mol. The van der Waals surface area contributed by atoms with Crippen LogP contribution in [0.5, 0.6) is 5.75 Å². The number of carboxylic acids is 2. The number of hydrogen-bond donors (Lipinski definition) is 3. The van der Waals surface area contributed by atoms with Gasteiger partial charge in [0.25, 0.3) is 0 Å². The Labute approximate surface area is 207 Å². The van der Waals surface area contributed by atoms with Crippen LogP contribution in [0.1, 0.15) is 57.1 Å². The number of β-amino-alcohol motifs (C(OH)–C–C–N with tert-alkyl or cyclic N) is 1. The Morgan fingerprint density at radius 1 is 0.971 bits per heavy atom. The number of benzene rings is 1. The second kappa shape index (κ2) is 15.3. The van der Waals surface area contributed by atoms with E-state index in [1.807, 2.05) is 24.3 Å². The SMILES string of the molecule is CCCCCCCCN1CCN(CC(O)c2ccnc3ccc(OC)cc23)CC1.O=C(O)C(=O)O. The minimum absolute atomic E-state index is 0.516. The lowest BCUT2D eigenvalue weighted by Crippen LogP contribution is -2.47. The lowest BCUT2D eigenvalue weighted by molar-refractivity contribution is -0.159. The van der Waals surface area contributed by atoms with Crippen molar-refractivity contribution in [3.05, 3.63) is 36.0 Å². The second-order valence-electron chi connectivity index (χ2n) is 8.82. The summed E-state index contributed by atoms with van der Waals surface area (Å²) in [4.78, 5) is 27.6. The molecule has 1 fully saturated rings. The van der Waals surface area contributed by atoms with Crippen LogP contribution in [0.2, 0.25) is 0 Å². The third kappa shape index (κ3) is 9.79. The molecule has 0 amide bonds. The highest BCUT2D eigenvalue weighted by Gasteiger charge is 2.21. The average molecular weight is 490 g/mol. The van der Waals surface area contributed by atoms with Crippen LogP contribution in [-0.4, -0.2) is 88.4 Å². The molecule has 0 saturated carbocycles. The minimum atomic E-state index is -1.82. The number of unbranched alkanes of at least 4 members (excludes halogenated alkanes) is 5. The van der Waals surface area contributed by atoms with Crippen LogP contribution in [0.4, 0.5) is 0 Å². The molecule has 0 radical (unpaired) electrons. The Bertz CT molecular complexity index is 918. The maximum atomic E-state index is 10.9. The van der Waals surface area contributed by atoms with Crippen LogP contribution in [0, 0.1) is 0 Å². The van der Waals surface area contributed by atoms with Gasteiger partial charge < -0.3 is 25.0 Å². The summed E-state index contributed by atoms with van der Waals surface area (Å²) in [6, 6.07) is 7.76. The fourth-order valence-electron chi connectivity index (χ4n) is 4.22. The lowest BCUT2D eigenvalue weighted by atomic mass is 10.0. The molecule has 3 N–H and O–H groups in total. The van der Waals surface area contributed by atoms with Gasteiger partial charge >= 0.3 is 11.9 Å². The number of fused-ring (bicyclic) bond motifs is 1. The van der Waals surface area contributed by atoms with Gasteiger partial charge in [0, 0.05) is 44.3 Å². The third-order valence-corrected chi connectivity index (χ3v) is 6.25. The van der Waals surface area contributed by atoms with E-state index < -0.39 is 18.0 Å². The molecule has 3 rings (SSSR count). The van der Waals surface area contributed by atoms with Gasteiger partial charge in [-0.15, -0.1) is 0 Å². The summed E-state index contributed by atoms with van der Waals surface area (Å²) in [5.74, 6) is -2.85. The predicted octanol–water partition coefficient (Wildman–Crippen LogP) is 3.41. The molecule has 2 aromatic rings. The number of carboxylic acid groups (broad SMARTS) is 2. The number of aliphatic hydroxyl groups excluding tert-OH is 1. The van der Waals surface area contributed by atoms with Gasteiger partial charge in [-0.1, -0.05) is 39.0 Å². The molecular weight excluding hydrogens is 450 g/mol. The van der Waals surface area contributed by atoms with Gasteiger partial charge in [0.2, 0.25) is 0 Å². The van der Waals surface area contributed by atoms with Crippen LogP contribution >= 0.6 is 0 Å². The normalized spacial score (nSPS) is 15.3. The average Bonchev–Trinajstić information content (AvgIpc) is 2.86. The van der Waals surface area contributed by atoms with Crippen LogP contribution < -0.4 is 4.74 Å². The van der Waals surface area contributed by atoms with E-state index in [1.165, 1.54) is 45.1 Å². The number of ether oxygens (including phenoxy) is 1. The summed E-state index contributed by atoms with van der Waals surface area (Å²) in [7, 11) is 1.67. The Balaban J connectivity index is 0.000000641. The van der Waals surface area contributed by atoms with Crippen molar-refractivity contribution < 1.29 is 29.6 Å². The Hall–Kier alpha value is -2.75. The standard InChI is InChI=1S/C24H37N3O2.C2H2O4/c1-3-4-5-6-7-8-13-26-14-16-27(17-15-26)19-24(28)21-11-12-25-23-10-9-20(29-2)18-22(21)23;3-1(4)2(5)6/h9-12,18,24,28H,3-8,13-17,19H2,1-2H3;(H,3,4)(H,5,6). The van der Waals surface area contributed by atoms with Crippen molar-refractivity contribution >= 4 is 22.8 Å². The van der Waals surface area contributed by atoms with E-state index in [0.717, 1.165) is 48.4 Å². The van der Waals surface area contributed by atoms with Crippen molar-refractivity contribution in [2.75, 3.05) is 46.4 Å². The van der Waals surface area contributed by atoms with Gasteiger partial charge in [-0.3, -0.25) is 9.88 Å². The number of pyridine rings is 1. The number of aliphatic hydroxyl groups is 1. The van der Waals surface area contributed by atoms with Gasteiger partial charge in [-0.05, 0) is 42.8 Å². The number of aliphatic carboxylic acids is 2. The summed E-state index contributed by atoms with van der Waals surface area (Å²) in [5.41, 5.74) is 1.83. The lowest BCUT2D eigenvalue weighted by Gasteiger charge is -2.35. The van der Waals surface area contributed by atoms with Crippen LogP contribution in [0.15, 0.2) is 30.5 Å². The highest BCUT2D eigenvalue weighted by Crippen LogP contribution is 2.27. The number of nitrogens with zero attached hydrogens (tertiary/aromatic N) is 3. The first-order valence-electron chi connectivity index (χ1n) is 12.4. The van der Waals surface area contributed by atoms with Gasteiger partial charge in [0.1, 0.15) is 5.75 Å². The number of piperazine rings is 1. The van der Waals surface area contributed by atoms with Crippen molar-refractivity contribution in [1.29, 1.82) is 0 Å². The topological polar surface area (TPSA) is 123 Å². The molecule has 1 unspecified atom stereocenters. The molecule has 1 atom stereocenters. The van der Waals surface area contributed by atoms with E-state index in [2.05, 4.69) is 21.7 Å². The summed E-state index contributed by atoms with van der Waals surface area (Å²) in [6.07, 6.45) is 9.40. The summed E-state index contributed by atoms with van der Waals surface area (Å²) < 4.78 is 5.35. The molecule has 1 aliphatic rings. The van der Waals surface area contributed by atoms with Crippen molar-refractivity contribution in [3.63, 3.8) is 0 Å². The van der Waals surface area contributed by atoms with Crippen molar-refractivity contribution in [1.82, 2.24) is 14.8 Å². The number of hydrogen-bond acceptors (Lipinski definition) is 7. The van der Waals surface area contributed by atoms with Gasteiger partial charge in [-0.25, -0.2) is 9.59 Å². The van der Waals surface area contributed by atoms with Gasteiger partial charge in [0.15, 0.2) is 0 Å². The zero-order chi connectivity index (χ0) is 25.6. The molecule has 194 valence electrons. The molecule has 1 saturated heterocycles. The highest BCUT2D eigenvalue weighted by atomic mass is 16.5. The quantitative estimate of drug-likeness (QED) is 0.322. The zero-order valence-corrected chi connectivity index (χ0v) is 20.9. The maximum absolute atomic E-state index is 10.9. The molecule has 1 aromatic heterocycles. The number of carbonyl (C=O) groups is 2. The minimum Gasteiger partial charge on any atom is -0.497 e. The number of aromatic nitrogens is 1. The van der Waals surface area contributed by atoms with Crippen LogP contribution in [0.3, 0.4) is 0 Å². The molecule has 1 aliphatic heterocycles. The van der Waals surface area contributed by atoms with Crippen molar-refractivity contribution in [2.45, 2.75) is 51.6 Å². The van der Waals surface area contributed by atoms with Crippen LogP contribution in [-0.2, 0) is 9.59 Å². The van der Waals surface area contributed by atoms with Gasteiger partial charge in [-0.2, -0.15) is 0 Å². The maximum Gasteiger partial charge on any atom is 0.414 e. The molecule has 1 aromatic carbocycles. The third-order valence-electron chi connectivity index (χ3n) is 6.25. The zero-order valence-electron chi connectivity index (χ0n) is 20.9. The Morgan fingerprint density at radius 2 is 1.60 bits per heavy atom. The molecule has 0 spiro atoms. The van der Waals surface area contributed by atoms with Crippen LogP contribution in [0.25, 0.3) is 10.9 Å². The monoisotopic (exact) mass is 489 g/mol. The summed E-state index contributed by atoms with van der Waals surface area (Å²) >= 11 is 0. The molecule has 9 heteroatoms. The fourth-order valence-corrected chi connectivity index (χ4v) is 4.22. The van der Waals surface area contributed by atoms with E-state index in [0.29, 0.717) is 6.54 Å². The molecule has 35 heavy (non-hydrogen) atoms. The highest BCUT2D eigenvalue weighted by molar-refractivity contribution is 6.27. The second-order valence-corrected chi connectivity index (χ2v) is 8.82. The van der Waals surface area contributed by atoms with Gasteiger partial charge in [0.05, 0.1) is 18.7 Å². The number of methoxy groups -OCH3 is 1. The first kappa shape index (κ1) is 28.5. The summed E-state index contributed by atoms with van der Waals surface area (Å²) in [6.45, 7) is 8.42. The Kier molecular flexibility index (Phi) is 12.4. The molecule has 2 heterocycles. The largest absolute Gasteiger partial charge is 0.497 e. The van der Waals surface area contributed by atoms with E-state index in [1.54, 1.807) is 13.3 Å². The van der Waals surface area contributed by atoms with Crippen molar-refractivity contribution in [2.24, 2.45) is 0 Å². The molecule has 0 aliphatic carbocycles. The van der Waals surface area contributed by atoms with Crippen molar-refractivity contribution in [3.8, 4) is 5.75 Å². The fraction of sp³-hybridized carbons (Fsp3) is 0.577. The van der Waals surface area contributed by atoms with E-state index in [-0.39, 0.29) is 0 Å². The summed E-state index contributed by atoms with van der Waals surface area (Å²) in [5, 5.41) is 26.7. The van der Waals surface area contributed by atoms with E-state index in [4.69, 9.17) is 24.5 Å². The molecule has 0 bridgehead atoms. The van der Waals surface area contributed by atoms with E-state index >= 15 is 0 Å². The number of rotatable bonds is 11. The smallest absolute Gasteiger partial charge is 0.414 e.